The SMILES string of the molecule is O=S(=O)(CCO)NCc1ccc(Br)cc1. The zero-order valence-corrected chi connectivity index (χ0v) is 10.4. The van der Waals surface area contributed by atoms with Gasteiger partial charge < -0.3 is 5.11 Å². The van der Waals surface area contributed by atoms with Crippen LogP contribution in [0.1, 0.15) is 5.56 Å². The van der Waals surface area contributed by atoms with E-state index in [1.165, 1.54) is 0 Å². The Morgan fingerprint density at radius 3 is 2.40 bits per heavy atom. The van der Waals surface area contributed by atoms with Gasteiger partial charge in [-0.15, -0.1) is 0 Å². The Balaban J connectivity index is 2.54. The fraction of sp³-hybridized carbons (Fsp3) is 0.333. The summed E-state index contributed by atoms with van der Waals surface area (Å²) in [6, 6.07) is 7.34. The minimum absolute atomic E-state index is 0.246. The maximum absolute atomic E-state index is 11.2. The number of aliphatic hydroxyl groups excluding tert-OH is 1. The van der Waals surface area contributed by atoms with E-state index >= 15 is 0 Å². The highest BCUT2D eigenvalue weighted by Gasteiger charge is 2.07. The van der Waals surface area contributed by atoms with Crippen LogP contribution in [0, 0.1) is 0 Å². The Morgan fingerprint density at radius 1 is 1.27 bits per heavy atom. The van der Waals surface area contributed by atoms with Gasteiger partial charge in [-0.1, -0.05) is 28.1 Å². The van der Waals surface area contributed by atoms with E-state index in [1.54, 1.807) is 0 Å². The zero-order chi connectivity index (χ0) is 11.3. The predicted octanol–water partition coefficient (Wildman–Crippen LogP) is 0.861. The van der Waals surface area contributed by atoms with Crippen molar-refractivity contribution in [3.05, 3.63) is 34.3 Å². The third kappa shape index (κ3) is 4.74. The highest BCUT2D eigenvalue weighted by molar-refractivity contribution is 9.10. The number of aliphatic hydroxyl groups is 1. The number of rotatable bonds is 5. The van der Waals surface area contributed by atoms with Crippen LogP contribution in [0.25, 0.3) is 0 Å². The molecule has 0 saturated carbocycles. The van der Waals surface area contributed by atoms with Crippen molar-refractivity contribution in [1.29, 1.82) is 0 Å². The highest BCUT2D eigenvalue weighted by Crippen LogP contribution is 2.10. The molecule has 0 radical (unpaired) electrons. The number of halogens is 1. The van der Waals surface area contributed by atoms with Crippen LogP contribution >= 0.6 is 15.9 Å². The molecule has 0 fully saturated rings. The van der Waals surface area contributed by atoms with E-state index in [-0.39, 0.29) is 18.9 Å². The smallest absolute Gasteiger partial charge is 0.214 e. The Hall–Kier alpha value is -0.430. The molecule has 0 aliphatic heterocycles. The first-order chi connectivity index (χ1) is 7.03. The summed E-state index contributed by atoms with van der Waals surface area (Å²) in [6.07, 6.45) is 0. The van der Waals surface area contributed by atoms with Crippen molar-refractivity contribution >= 4 is 26.0 Å². The van der Waals surface area contributed by atoms with Crippen molar-refractivity contribution in [3.63, 3.8) is 0 Å². The fourth-order valence-corrected chi connectivity index (χ4v) is 2.02. The molecule has 0 saturated heterocycles. The maximum Gasteiger partial charge on any atom is 0.214 e. The third-order valence-corrected chi connectivity index (χ3v) is 3.60. The van der Waals surface area contributed by atoms with E-state index in [2.05, 4.69) is 20.7 Å². The molecule has 0 amide bonds. The van der Waals surface area contributed by atoms with Crippen molar-refractivity contribution in [2.24, 2.45) is 0 Å². The standard InChI is InChI=1S/C9H12BrNO3S/c10-9-3-1-8(2-4-9)7-11-15(13,14)6-5-12/h1-4,11-12H,5-7H2. The summed E-state index contributed by atoms with van der Waals surface area (Å²) < 4.78 is 25.7. The van der Waals surface area contributed by atoms with Gasteiger partial charge in [-0.05, 0) is 17.7 Å². The minimum Gasteiger partial charge on any atom is -0.395 e. The van der Waals surface area contributed by atoms with Crippen molar-refractivity contribution in [2.45, 2.75) is 6.54 Å². The lowest BCUT2D eigenvalue weighted by atomic mass is 10.2. The van der Waals surface area contributed by atoms with Gasteiger partial charge in [0.15, 0.2) is 0 Å². The second-order valence-corrected chi connectivity index (χ2v) is 5.83. The topological polar surface area (TPSA) is 66.4 Å². The molecular weight excluding hydrogens is 282 g/mol. The average molecular weight is 294 g/mol. The molecule has 1 aromatic carbocycles. The fourth-order valence-electron chi connectivity index (χ4n) is 0.988. The Morgan fingerprint density at radius 2 is 1.87 bits per heavy atom. The van der Waals surface area contributed by atoms with Crippen LogP contribution in [0.2, 0.25) is 0 Å². The van der Waals surface area contributed by atoms with Gasteiger partial charge >= 0.3 is 0 Å². The van der Waals surface area contributed by atoms with E-state index in [0.717, 1.165) is 10.0 Å². The van der Waals surface area contributed by atoms with E-state index in [9.17, 15) is 8.42 Å². The third-order valence-electron chi connectivity index (χ3n) is 1.77. The average Bonchev–Trinajstić information content (AvgIpc) is 2.17. The van der Waals surface area contributed by atoms with Gasteiger partial charge in [0.05, 0.1) is 12.4 Å². The molecule has 2 N–H and O–H groups in total. The summed E-state index contributed by atoms with van der Waals surface area (Å²) in [6.45, 7) is -0.120. The van der Waals surface area contributed by atoms with Gasteiger partial charge in [0.1, 0.15) is 0 Å². The second-order valence-electron chi connectivity index (χ2n) is 2.99. The Bertz CT molecular complexity index is 402. The number of sulfonamides is 1. The summed E-state index contributed by atoms with van der Waals surface area (Å²) in [5, 5.41) is 8.51. The molecule has 15 heavy (non-hydrogen) atoms. The van der Waals surface area contributed by atoms with Gasteiger partial charge in [-0.2, -0.15) is 0 Å². The van der Waals surface area contributed by atoms with Gasteiger partial charge in [0, 0.05) is 11.0 Å². The van der Waals surface area contributed by atoms with E-state index in [0.29, 0.717) is 0 Å². The van der Waals surface area contributed by atoms with Gasteiger partial charge in [-0.3, -0.25) is 0 Å². The van der Waals surface area contributed by atoms with Crippen LogP contribution in [0.3, 0.4) is 0 Å². The molecule has 0 aromatic heterocycles. The summed E-state index contributed by atoms with van der Waals surface area (Å²) in [5.41, 5.74) is 0.875. The normalized spacial score (nSPS) is 11.6. The Labute approximate surface area is 97.5 Å². The van der Waals surface area contributed by atoms with E-state index in [1.807, 2.05) is 24.3 Å². The predicted molar refractivity (Wildman–Crippen MR) is 61.9 cm³/mol. The minimum atomic E-state index is -3.35. The molecule has 84 valence electrons. The number of benzene rings is 1. The molecular formula is C9H12BrNO3S. The molecule has 4 nitrogen and oxygen atoms in total. The number of hydrogen-bond acceptors (Lipinski definition) is 3. The van der Waals surface area contributed by atoms with Crippen LogP contribution in [0.4, 0.5) is 0 Å². The first-order valence-corrected chi connectivity index (χ1v) is 6.81. The van der Waals surface area contributed by atoms with Crippen molar-refractivity contribution < 1.29 is 13.5 Å². The molecule has 1 rings (SSSR count). The lowest BCUT2D eigenvalue weighted by molar-refractivity contribution is 0.319. The van der Waals surface area contributed by atoms with Crippen molar-refractivity contribution in [2.75, 3.05) is 12.4 Å². The molecule has 1 aromatic rings. The summed E-state index contributed by atoms with van der Waals surface area (Å²) in [4.78, 5) is 0. The molecule has 0 heterocycles. The maximum atomic E-state index is 11.2. The first-order valence-electron chi connectivity index (χ1n) is 4.36. The number of nitrogens with one attached hydrogen (secondary N) is 1. The molecule has 0 spiro atoms. The van der Waals surface area contributed by atoms with Crippen molar-refractivity contribution in [1.82, 2.24) is 4.72 Å². The zero-order valence-electron chi connectivity index (χ0n) is 7.98. The van der Waals surface area contributed by atoms with Gasteiger partial charge in [-0.25, -0.2) is 13.1 Å². The van der Waals surface area contributed by atoms with E-state index in [4.69, 9.17) is 5.11 Å². The quantitative estimate of drug-likeness (QED) is 0.846. The van der Waals surface area contributed by atoms with Crippen LogP contribution in [0.5, 0.6) is 0 Å². The van der Waals surface area contributed by atoms with Crippen molar-refractivity contribution in [3.8, 4) is 0 Å². The monoisotopic (exact) mass is 293 g/mol. The lowest BCUT2D eigenvalue weighted by Crippen LogP contribution is -2.27. The summed E-state index contributed by atoms with van der Waals surface area (Å²) in [5.74, 6) is -0.260. The highest BCUT2D eigenvalue weighted by atomic mass is 79.9. The van der Waals surface area contributed by atoms with Gasteiger partial charge in [0.2, 0.25) is 10.0 Å². The van der Waals surface area contributed by atoms with E-state index < -0.39 is 10.0 Å². The largest absolute Gasteiger partial charge is 0.395 e. The molecule has 6 heteroatoms. The molecule has 0 aliphatic carbocycles. The molecule has 0 atom stereocenters. The van der Waals surface area contributed by atoms with Gasteiger partial charge in [0.25, 0.3) is 0 Å². The van der Waals surface area contributed by atoms with Crippen LogP contribution in [-0.2, 0) is 16.6 Å². The Kier molecular flexibility index (Phi) is 4.72. The summed E-state index contributed by atoms with van der Waals surface area (Å²) in [7, 11) is -3.35. The second kappa shape index (κ2) is 5.60. The molecule has 0 unspecified atom stereocenters. The molecule has 0 bridgehead atoms. The lowest BCUT2D eigenvalue weighted by Gasteiger charge is -2.05. The molecule has 0 aliphatic rings. The summed E-state index contributed by atoms with van der Waals surface area (Å²) >= 11 is 3.29. The van der Waals surface area contributed by atoms with Crippen LogP contribution < -0.4 is 4.72 Å². The van der Waals surface area contributed by atoms with Crippen LogP contribution in [-0.4, -0.2) is 25.9 Å². The van der Waals surface area contributed by atoms with Crippen LogP contribution in [0.15, 0.2) is 28.7 Å². The number of hydrogen-bond donors (Lipinski definition) is 2. The first kappa shape index (κ1) is 12.6.